The van der Waals surface area contributed by atoms with Gasteiger partial charge in [0.2, 0.25) is 0 Å². The Morgan fingerprint density at radius 3 is 2.64 bits per heavy atom. The SMILES string of the molecule is O=C(O)C1CCCN(c2ncnc(Nc3ccc(OC(F)(F)F)cc3)c2Br)C1. The number of benzene rings is 1. The van der Waals surface area contributed by atoms with E-state index in [0.717, 1.165) is 6.42 Å². The Labute approximate surface area is 166 Å². The summed E-state index contributed by atoms with van der Waals surface area (Å²) in [6.45, 7) is 1.01. The molecule has 3 rings (SSSR count). The van der Waals surface area contributed by atoms with Gasteiger partial charge in [0.15, 0.2) is 0 Å². The number of piperidine rings is 1. The number of halogens is 4. The van der Waals surface area contributed by atoms with Crippen LogP contribution in [0.25, 0.3) is 0 Å². The molecule has 1 aromatic heterocycles. The minimum Gasteiger partial charge on any atom is -0.481 e. The molecule has 11 heteroatoms. The molecule has 28 heavy (non-hydrogen) atoms. The molecule has 2 aromatic rings. The first-order chi connectivity index (χ1) is 13.2. The van der Waals surface area contributed by atoms with E-state index in [1.54, 1.807) is 0 Å². The summed E-state index contributed by atoms with van der Waals surface area (Å²) in [5.41, 5.74) is 0.502. The van der Waals surface area contributed by atoms with Crippen LogP contribution in [-0.4, -0.2) is 40.5 Å². The smallest absolute Gasteiger partial charge is 0.481 e. The molecular formula is C17H16BrF3N4O3. The molecule has 1 aliphatic heterocycles. The second-order valence-electron chi connectivity index (χ2n) is 6.18. The summed E-state index contributed by atoms with van der Waals surface area (Å²) in [4.78, 5) is 21.5. The van der Waals surface area contributed by atoms with Crippen molar-refractivity contribution in [3.05, 3.63) is 35.1 Å². The van der Waals surface area contributed by atoms with E-state index in [4.69, 9.17) is 0 Å². The van der Waals surface area contributed by atoms with Crippen LogP contribution in [-0.2, 0) is 4.79 Å². The zero-order chi connectivity index (χ0) is 20.3. The van der Waals surface area contributed by atoms with Crippen molar-refractivity contribution in [3.8, 4) is 5.75 Å². The highest BCUT2D eigenvalue weighted by molar-refractivity contribution is 9.10. The zero-order valence-corrected chi connectivity index (χ0v) is 16.0. The van der Waals surface area contributed by atoms with Gasteiger partial charge in [0.25, 0.3) is 0 Å². The van der Waals surface area contributed by atoms with Gasteiger partial charge < -0.3 is 20.1 Å². The molecule has 0 aliphatic carbocycles. The first-order valence-electron chi connectivity index (χ1n) is 8.34. The minimum atomic E-state index is -4.75. The molecule has 1 atom stereocenters. The van der Waals surface area contributed by atoms with Crippen LogP contribution in [0.4, 0.5) is 30.5 Å². The van der Waals surface area contributed by atoms with Crippen LogP contribution in [0.15, 0.2) is 35.1 Å². The maximum absolute atomic E-state index is 12.2. The lowest BCUT2D eigenvalue weighted by Gasteiger charge is -2.32. The maximum Gasteiger partial charge on any atom is 0.573 e. The van der Waals surface area contributed by atoms with Crippen LogP contribution in [0.2, 0.25) is 0 Å². The molecule has 0 radical (unpaired) electrons. The van der Waals surface area contributed by atoms with Crippen LogP contribution >= 0.6 is 15.9 Å². The topological polar surface area (TPSA) is 87.6 Å². The molecule has 0 amide bonds. The average molecular weight is 461 g/mol. The second-order valence-corrected chi connectivity index (χ2v) is 6.97. The molecule has 0 bridgehead atoms. The Balaban J connectivity index is 1.75. The highest BCUT2D eigenvalue weighted by Crippen LogP contribution is 2.34. The number of hydrogen-bond donors (Lipinski definition) is 2. The number of aliphatic carboxylic acids is 1. The third-order valence-corrected chi connectivity index (χ3v) is 4.92. The van der Waals surface area contributed by atoms with Crippen molar-refractivity contribution in [1.29, 1.82) is 0 Å². The standard InChI is InChI=1S/C17H16BrF3N4O3/c18-13-14(24-11-3-5-12(6-4-11)28-17(19,20)21)22-9-23-15(13)25-7-1-2-10(8-25)16(26)27/h3-6,9-10H,1-2,7-8H2,(H,26,27)(H,22,23,24). The monoisotopic (exact) mass is 460 g/mol. The maximum atomic E-state index is 12.2. The van der Waals surface area contributed by atoms with Gasteiger partial charge in [-0.15, -0.1) is 13.2 Å². The number of hydrogen-bond acceptors (Lipinski definition) is 6. The van der Waals surface area contributed by atoms with E-state index in [1.165, 1.54) is 30.6 Å². The number of carboxylic acids is 1. The fourth-order valence-corrected chi connectivity index (χ4v) is 3.47. The lowest BCUT2D eigenvalue weighted by Crippen LogP contribution is -2.39. The van der Waals surface area contributed by atoms with Crippen molar-refractivity contribution < 1.29 is 27.8 Å². The van der Waals surface area contributed by atoms with Gasteiger partial charge in [-0.3, -0.25) is 4.79 Å². The van der Waals surface area contributed by atoms with Crippen molar-refractivity contribution >= 4 is 39.2 Å². The molecule has 0 saturated carbocycles. The Bertz CT molecular complexity index is 849. The van der Waals surface area contributed by atoms with Crippen molar-refractivity contribution in [2.24, 2.45) is 5.92 Å². The van der Waals surface area contributed by atoms with E-state index < -0.39 is 18.2 Å². The van der Waals surface area contributed by atoms with Gasteiger partial charge in [-0.05, 0) is 53.0 Å². The van der Waals surface area contributed by atoms with Crippen LogP contribution in [0.5, 0.6) is 5.75 Å². The number of anilines is 3. The summed E-state index contributed by atoms with van der Waals surface area (Å²) < 4.78 is 41.1. The van der Waals surface area contributed by atoms with Gasteiger partial charge in [-0.2, -0.15) is 0 Å². The Kier molecular flexibility index (Phi) is 5.92. The number of aromatic nitrogens is 2. The van der Waals surface area contributed by atoms with Gasteiger partial charge in [0.05, 0.1) is 5.92 Å². The zero-order valence-electron chi connectivity index (χ0n) is 14.4. The Hall–Kier alpha value is -2.56. The van der Waals surface area contributed by atoms with Crippen molar-refractivity contribution in [3.63, 3.8) is 0 Å². The first-order valence-corrected chi connectivity index (χ1v) is 9.13. The van der Waals surface area contributed by atoms with Crippen LogP contribution in [0.1, 0.15) is 12.8 Å². The highest BCUT2D eigenvalue weighted by Gasteiger charge is 2.31. The third kappa shape index (κ3) is 5.03. The van der Waals surface area contributed by atoms with Gasteiger partial charge in [0.1, 0.15) is 28.2 Å². The summed E-state index contributed by atoms with van der Waals surface area (Å²) in [6.07, 6.45) is -2.06. The van der Waals surface area contributed by atoms with Crippen molar-refractivity contribution in [2.75, 3.05) is 23.3 Å². The molecule has 2 N–H and O–H groups in total. The van der Waals surface area contributed by atoms with E-state index in [1.807, 2.05) is 4.90 Å². The normalized spacial score (nSPS) is 17.3. The lowest BCUT2D eigenvalue weighted by molar-refractivity contribution is -0.274. The van der Waals surface area contributed by atoms with E-state index in [-0.39, 0.29) is 5.75 Å². The summed E-state index contributed by atoms with van der Waals surface area (Å²) in [7, 11) is 0. The van der Waals surface area contributed by atoms with Gasteiger partial charge in [0, 0.05) is 18.8 Å². The summed E-state index contributed by atoms with van der Waals surface area (Å²) in [5.74, 6) is -0.663. The number of carbonyl (C=O) groups is 1. The van der Waals surface area contributed by atoms with E-state index >= 15 is 0 Å². The Morgan fingerprint density at radius 2 is 2.00 bits per heavy atom. The highest BCUT2D eigenvalue weighted by atomic mass is 79.9. The molecule has 1 unspecified atom stereocenters. The van der Waals surface area contributed by atoms with Crippen LogP contribution in [0, 0.1) is 5.92 Å². The molecule has 0 spiro atoms. The fourth-order valence-electron chi connectivity index (χ4n) is 2.92. The summed E-state index contributed by atoms with van der Waals surface area (Å²) in [6, 6.07) is 5.23. The van der Waals surface area contributed by atoms with Crippen molar-refractivity contribution in [2.45, 2.75) is 19.2 Å². The number of ether oxygens (including phenoxy) is 1. The van der Waals surface area contributed by atoms with Gasteiger partial charge in [-0.25, -0.2) is 9.97 Å². The quantitative estimate of drug-likeness (QED) is 0.691. The minimum absolute atomic E-state index is 0.325. The number of alkyl halides is 3. The number of rotatable bonds is 5. The molecule has 7 nitrogen and oxygen atoms in total. The Morgan fingerprint density at radius 1 is 1.29 bits per heavy atom. The first kappa shape index (κ1) is 20.2. The molecule has 1 fully saturated rings. The van der Waals surface area contributed by atoms with Crippen molar-refractivity contribution in [1.82, 2.24) is 9.97 Å². The van der Waals surface area contributed by atoms with E-state index in [2.05, 4.69) is 36.0 Å². The molecule has 150 valence electrons. The largest absolute Gasteiger partial charge is 0.573 e. The van der Waals surface area contributed by atoms with E-state index in [0.29, 0.717) is 41.3 Å². The molecule has 1 aromatic carbocycles. The predicted molar refractivity (Wildman–Crippen MR) is 98.7 cm³/mol. The van der Waals surface area contributed by atoms with Gasteiger partial charge >= 0.3 is 12.3 Å². The summed E-state index contributed by atoms with van der Waals surface area (Å²) >= 11 is 3.44. The molecule has 2 heterocycles. The average Bonchev–Trinajstić information content (AvgIpc) is 2.64. The van der Waals surface area contributed by atoms with E-state index in [9.17, 15) is 23.1 Å². The third-order valence-electron chi connectivity index (χ3n) is 4.19. The molecular weight excluding hydrogens is 445 g/mol. The fraction of sp³-hybridized carbons (Fsp3) is 0.353. The van der Waals surface area contributed by atoms with Crippen LogP contribution in [0.3, 0.4) is 0 Å². The lowest BCUT2D eigenvalue weighted by atomic mass is 9.98. The van der Waals surface area contributed by atoms with Gasteiger partial charge in [-0.1, -0.05) is 0 Å². The molecule has 1 aliphatic rings. The number of nitrogens with zero attached hydrogens (tertiary/aromatic N) is 3. The predicted octanol–water partition coefficient (Wildman–Crippen LogP) is 4.18. The molecule has 1 saturated heterocycles. The summed E-state index contributed by atoms with van der Waals surface area (Å²) in [5, 5.41) is 12.2. The number of nitrogens with one attached hydrogen (secondary N) is 1. The number of carboxylic acid groups (broad SMARTS) is 1. The van der Waals surface area contributed by atoms with Crippen LogP contribution < -0.4 is 15.0 Å². The second kappa shape index (κ2) is 8.21.